The normalized spacial score (nSPS) is 11.9. The fourth-order valence-corrected chi connectivity index (χ4v) is 4.98. The molecule has 8 heteroatoms. The van der Waals surface area contributed by atoms with Gasteiger partial charge in [0.25, 0.3) is 0 Å². The van der Waals surface area contributed by atoms with Crippen LogP contribution in [0.5, 0.6) is 11.5 Å². The van der Waals surface area contributed by atoms with Crippen molar-refractivity contribution < 1.29 is 28.5 Å². The molecule has 8 nitrogen and oxygen atoms in total. The molecule has 0 radical (unpaired) electrons. The van der Waals surface area contributed by atoms with E-state index in [0.717, 1.165) is 60.9 Å². The molecule has 3 rings (SSSR count). The third-order valence-electron chi connectivity index (χ3n) is 7.38. The average molecular weight is 645 g/mol. The molecule has 0 aliphatic rings. The van der Waals surface area contributed by atoms with E-state index in [1.165, 1.54) is 10.5 Å². The van der Waals surface area contributed by atoms with Crippen molar-refractivity contribution in [1.82, 2.24) is 9.80 Å². The number of hydrogen-bond donors (Lipinski definition) is 0. The summed E-state index contributed by atoms with van der Waals surface area (Å²) >= 11 is 0. The number of ether oxygens (including phenoxy) is 4. The van der Waals surface area contributed by atoms with Crippen LogP contribution < -0.4 is 9.47 Å². The van der Waals surface area contributed by atoms with Crippen molar-refractivity contribution in [3.63, 3.8) is 0 Å². The van der Waals surface area contributed by atoms with Crippen LogP contribution in [0.4, 0.5) is 9.59 Å². The lowest BCUT2D eigenvalue weighted by Crippen LogP contribution is -2.36. The molecule has 0 spiro atoms. The SMILES string of the molecule is CC/C(=C(/c1ccc(OCCN(C)C(=O)OC(C)(C)C)cc1)c1ccc(OC(=O)OCCCCCCN(C)C)cc1)c1ccccc1. The summed E-state index contributed by atoms with van der Waals surface area (Å²) in [5, 5.41) is 0. The van der Waals surface area contributed by atoms with E-state index in [1.54, 1.807) is 19.2 Å². The molecule has 47 heavy (non-hydrogen) atoms. The molecule has 3 aromatic rings. The summed E-state index contributed by atoms with van der Waals surface area (Å²) in [5.41, 5.74) is 4.89. The van der Waals surface area contributed by atoms with Crippen molar-refractivity contribution in [2.45, 2.75) is 65.4 Å². The first-order valence-corrected chi connectivity index (χ1v) is 16.5. The zero-order chi connectivity index (χ0) is 34.2. The summed E-state index contributed by atoms with van der Waals surface area (Å²) in [6.45, 7) is 9.83. The van der Waals surface area contributed by atoms with Crippen molar-refractivity contribution in [3.05, 3.63) is 95.6 Å². The van der Waals surface area contributed by atoms with Crippen LogP contribution in [0.1, 0.15) is 76.5 Å². The Bertz CT molecular complexity index is 1410. The van der Waals surface area contributed by atoms with Gasteiger partial charge in [-0.05, 0) is 113 Å². The maximum Gasteiger partial charge on any atom is 0.513 e. The van der Waals surface area contributed by atoms with Crippen LogP contribution in [0.25, 0.3) is 11.1 Å². The Morgan fingerprint density at radius 1 is 0.681 bits per heavy atom. The van der Waals surface area contributed by atoms with Crippen LogP contribution in [-0.2, 0) is 9.47 Å². The Morgan fingerprint density at radius 2 is 1.28 bits per heavy atom. The maximum atomic E-state index is 12.3. The number of hydrogen-bond acceptors (Lipinski definition) is 7. The highest BCUT2D eigenvalue weighted by Crippen LogP contribution is 2.35. The Balaban J connectivity index is 1.69. The van der Waals surface area contributed by atoms with Crippen LogP contribution in [0.2, 0.25) is 0 Å². The first kappa shape index (κ1) is 37.2. The Hall–Kier alpha value is -4.30. The van der Waals surface area contributed by atoms with Crippen molar-refractivity contribution in [2.24, 2.45) is 0 Å². The molecule has 254 valence electrons. The molecule has 0 bridgehead atoms. The number of likely N-dealkylation sites (N-methyl/N-ethyl adjacent to an activating group) is 1. The molecule has 1 amide bonds. The molecule has 0 heterocycles. The number of carbonyl (C=O) groups excluding carboxylic acids is 2. The van der Waals surface area contributed by atoms with Gasteiger partial charge in [-0.1, -0.05) is 74.4 Å². The van der Waals surface area contributed by atoms with Gasteiger partial charge in [0, 0.05) is 7.05 Å². The van der Waals surface area contributed by atoms with E-state index in [0.29, 0.717) is 31.3 Å². The standard InChI is InChI=1S/C39H52N2O6/c1-8-35(30-16-12-11-13-17-30)36(31-18-22-33(23-19-31)44-29-27-41(7)37(42)47-39(2,3)4)32-20-24-34(25-21-32)46-38(43)45-28-15-10-9-14-26-40(5)6/h11-13,16-25H,8-10,14-15,26-29H2,1-7H3/b36-35+. The van der Waals surface area contributed by atoms with E-state index in [2.05, 4.69) is 38.1 Å². The molecule has 0 atom stereocenters. The molecule has 0 unspecified atom stereocenters. The van der Waals surface area contributed by atoms with Gasteiger partial charge in [-0.2, -0.15) is 0 Å². The summed E-state index contributed by atoms with van der Waals surface area (Å²) < 4.78 is 22.1. The lowest BCUT2D eigenvalue weighted by Gasteiger charge is -2.24. The summed E-state index contributed by atoms with van der Waals surface area (Å²) in [6, 6.07) is 25.8. The predicted molar refractivity (Wildman–Crippen MR) is 189 cm³/mol. The van der Waals surface area contributed by atoms with Gasteiger partial charge < -0.3 is 28.7 Å². The van der Waals surface area contributed by atoms with Crippen LogP contribution in [-0.4, -0.2) is 75.1 Å². The highest BCUT2D eigenvalue weighted by Gasteiger charge is 2.19. The quantitative estimate of drug-likeness (QED) is 0.0667. The molecule has 3 aromatic carbocycles. The van der Waals surface area contributed by atoms with Gasteiger partial charge in [0.2, 0.25) is 0 Å². The van der Waals surface area contributed by atoms with Crippen LogP contribution in [0.3, 0.4) is 0 Å². The number of amides is 1. The fraction of sp³-hybridized carbons (Fsp3) is 0.436. The van der Waals surface area contributed by atoms with Gasteiger partial charge in [-0.3, -0.25) is 0 Å². The summed E-state index contributed by atoms with van der Waals surface area (Å²) in [4.78, 5) is 28.2. The van der Waals surface area contributed by atoms with Gasteiger partial charge in [0.1, 0.15) is 23.7 Å². The second-order valence-electron chi connectivity index (χ2n) is 12.8. The van der Waals surface area contributed by atoms with E-state index in [4.69, 9.17) is 18.9 Å². The van der Waals surface area contributed by atoms with Gasteiger partial charge in [0.15, 0.2) is 0 Å². The first-order valence-electron chi connectivity index (χ1n) is 16.5. The predicted octanol–water partition coefficient (Wildman–Crippen LogP) is 8.94. The number of allylic oxidation sites excluding steroid dienone is 1. The summed E-state index contributed by atoms with van der Waals surface area (Å²) in [6.07, 6.45) is 3.83. The van der Waals surface area contributed by atoms with Crippen molar-refractivity contribution in [3.8, 4) is 11.5 Å². The monoisotopic (exact) mass is 644 g/mol. The zero-order valence-corrected chi connectivity index (χ0v) is 29.2. The lowest BCUT2D eigenvalue weighted by atomic mass is 9.88. The molecular weight excluding hydrogens is 592 g/mol. The highest BCUT2D eigenvalue weighted by atomic mass is 16.7. The number of nitrogens with zero attached hydrogens (tertiary/aromatic N) is 2. The number of unbranched alkanes of at least 4 members (excludes halogenated alkanes) is 3. The second kappa shape index (κ2) is 18.7. The molecule has 0 aliphatic heterocycles. The molecular formula is C39H52N2O6. The minimum Gasteiger partial charge on any atom is -0.492 e. The third kappa shape index (κ3) is 13.1. The van der Waals surface area contributed by atoms with E-state index in [-0.39, 0.29) is 6.09 Å². The fourth-order valence-electron chi connectivity index (χ4n) is 4.98. The Kier molecular flexibility index (Phi) is 14.8. The second-order valence-corrected chi connectivity index (χ2v) is 12.8. The first-order chi connectivity index (χ1) is 22.5. The van der Waals surface area contributed by atoms with Crippen molar-refractivity contribution in [1.29, 1.82) is 0 Å². The molecule has 0 aromatic heterocycles. The van der Waals surface area contributed by atoms with Crippen molar-refractivity contribution in [2.75, 3.05) is 47.4 Å². The van der Waals surface area contributed by atoms with Gasteiger partial charge in [-0.15, -0.1) is 0 Å². The Morgan fingerprint density at radius 3 is 1.85 bits per heavy atom. The van der Waals surface area contributed by atoms with Gasteiger partial charge in [-0.25, -0.2) is 9.59 Å². The third-order valence-corrected chi connectivity index (χ3v) is 7.38. The average Bonchev–Trinajstić information content (AvgIpc) is 3.03. The molecule has 0 N–H and O–H groups in total. The number of rotatable bonds is 16. The topological polar surface area (TPSA) is 77.5 Å². The largest absolute Gasteiger partial charge is 0.513 e. The van der Waals surface area contributed by atoms with E-state index in [9.17, 15) is 9.59 Å². The summed E-state index contributed by atoms with van der Waals surface area (Å²) in [5.74, 6) is 1.14. The molecule has 0 saturated heterocycles. The lowest BCUT2D eigenvalue weighted by molar-refractivity contribution is 0.0278. The van der Waals surface area contributed by atoms with Crippen LogP contribution in [0, 0.1) is 0 Å². The summed E-state index contributed by atoms with van der Waals surface area (Å²) in [7, 11) is 5.84. The minimum atomic E-state index is -0.687. The van der Waals surface area contributed by atoms with E-state index >= 15 is 0 Å². The maximum absolute atomic E-state index is 12.3. The van der Waals surface area contributed by atoms with Gasteiger partial charge in [0.05, 0.1) is 13.2 Å². The minimum absolute atomic E-state index is 0.336. The highest BCUT2D eigenvalue weighted by molar-refractivity contribution is 5.98. The molecule has 0 aliphatic carbocycles. The smallest absolute Gasteiger partial charge is 0.492 e. The van der Waals surface area contributed by atoms with Crippen LogP contribution >= 0.6 is 0 Å². The number of carbonyl (C=O) groups is 2. The zero-order valence-electron chi connectivity index (χ0n) is 29.2. The van der Waals surface area contributed by atoms with E-state index in [1.807, 2.05) is 75.4 Å². The Labute approximate surface area is 281 Å². The molecule has 0 fully saturated rings. The number of benzene rings is 3. The molecule has 0 saturated carbocycles. The van der Waals surface area contributed by atoms with Crippen LogP contribution in [0.15, 0.2) is 78.9 Å². The van der Waals surface area contributed by atoms with Crippen molar-refractivity contribution >= 4 is 23.4 Å². The van der Waals surface area contributed by atoms with E-state index < -0.39 is 11.8 Å². The van der Waals surface area contributed by atoms with Gasteiger partial charge >= 0.3 is 12.2 Å².